The van der Waals surface area contributed by atoms with Crippen molar-refractivity contribution in [1.29, 1.82) is 0 Å². The molecule has 86 valence electrons. The number of ether oxygens (including phenoxy) is 1. The number of likely N-dealkylation sites (N-methyl/N-ethyl adjacent to an activating group) is 1. The van der Waals surface area contributed by atoms with Gasteiger partial charge in [-0.05, 0) is 13.5 Å². The zero-order chi connectivity index (χ0) is 11.3. The molecule has 0 aliphatic carbocycles. The molecule has 0 radical (unpaired) electrons. The van der Waals surface area contributed by atoms with Gasteiger partial charge in [0.25, 0.3) is 0 Å². The predicted octanol–water partition coefficient (Wildman–Crippen LogP) is 0.353. The Hall–Kier alpha value is -0.870. The van der Waals surface area contributed by atoms with Crippen molar-refractivity contribution >= 4 is 5.97 Å². The summed E-state index contributed by atoms with van der Waals surface area (Å²) in [6.07, 6.45) is 0.705. The molecule has 4 nitrogen and oxygen atoms in total. The van der Waals surface area contributed by atoms with Gasteiger partial charge in [0.1, 0.15) is 0 Å². The van der Waals surface area contributed by atoms with E-state index in [4.69, 9.17) is 0 Å². The molecule has 15 heavy (non-hydrogen) atoms. The Labute approximate surface area is 91.5 Å². The van der Waals surface area contributed by atoms with Crippen molar-refractivity contribution in [3.63, 3.8) is 0 Å². The number of hydrogen-bond acceptors (Lipinski definition) is 4. The van der Waals surface area contributed by atoms with Crippen molar-refractivity contribution in [3.8, 4) is 0 Å². The third-order valence-electron chi connectivity index (χ3n) is 2.80. The summed E-state index contributed by atoms with van der Waals surface area (Å²) in [5.74, 6) is -0.288. The lowest BCUT2D eigenvalue weighted by Gasteiger charge is -2.32. The summed E-state index contributed by atoms with van der Waals surface area (Å²) in [7, 11) is 3.52. The molecule has 1 fully saturated rings. The quantitative estimate of drug-likeness (QED) is 0.497. The smallest absolute Gasteiger partial charge is 0.333 e. The van der Waals surface area contributed by atoms with Crippen LogP contribution in [-0.2, 0) is 9.53 Å². The molecule has 0 bridgehead atoms. The van der Waals surface area contributed by atoms with Crippen LogP contribution in [0.4, 0.5) is 0 Å². The summed E-state index contributed by atoms with van der Waals surface area (Å²) in [4.78, 5) is 15.8. The highest BCUT2D eigenvalue weighted by atomic mass is 16.5. The van der Waals surface area contributed by atoms with Crippen molar-refractivity contribution in [3.05, 3.63) is 12.2 Å². The van der Waals surface area contributed by atoms with Crippen LogP contribution in [0.2, 0.25) is 0 Å². The van der Waals surface area contributed by atoms with Gasteiger partial charge in [0, 0.05) is 38.3 Å². The maximum atomic E-state index is 11.1. The second-order valence-corrected chi connectivity index (χ2v) is 3.99. The SMILES string of the molecule is C=C(CCN1CCN(C)CC1)C(=O)OC. The highest BCUT2D eigenvalue weighted by molar-refractivity contribution is 5.87. The minimum Gasteiger partial charge on any atom is -0.466 e. The van der Waals surface area contributed by atoms with E-state index >= 15 is 0 Å². The molecule has 0 N–H and O–H groups in total. The molecular formula is C11H20N2O2. The van der Waals surface area contributed by atoms with Gasteiger partial charge in [-0.25, -0.2) is 4.79 Å². The number of esters is 1. The van der Waals surface area contributed by atoms with Crippen LogP contribution in [0.5, 0.6) is 0 Å². The summed E-state index contributed by atoms with van der Waals surface area (Å²) in [5, 5.41) is 0. The molecule has 0 spiro atoms. The molecule has 0 unspecified atom stereocenters. The lowest BCUT2D eigenvalue weighted by molar-refractivity contribution is -0.136. The average Bonchev–Trinajstić information content (AvgIpc) is 2.26. The number of carbonyl (C=O) groups is 1. The van der Waals surface area contributed by atoms with Gasteiger partial charge in [0.15, 0.2) is 0 Å². The van der Waals surface area contributed by atoms with Crippen LogP contribution in [0.25, 0.3) is 0 Å². The van der Waals surface area contributed by atoms with E-state index in [-0.39, 0.29) is 5.97 Å². The highest BCUT2D eigenvalue weighted by Crippen LogP contribution is 2.05. The molecule has 0 aromatic rings. The van der Waals surface area contributed by atoms with Gasteiger partial charge in [-0.2, -0.15) is 0 Å². The molecule has 1 aliphatic rings. The minimum absolute atomic E-state index is 0.288. The summed E-state index contributed by atoms with van der Waals surface area (Å²) < 4.78 is 4.60. The van der Waals surface area contributed by atoms with Gasteiger partial charge >= 0.3 is 5.97 Å². The Morgan fingerprint density at radius 3 is 2.47 bits per heavy atom. The third-order valence-corrected chi connectivity index (χ3v) is 2.80. The summed E-state index contributed by atoms with van der Waals surface area (Å²) in [6.45, 7) is 8.97. The summed E-state index contributed by atoms with van der Waals surface area (Å²) >= 11 is 0. The molecule has 1 aliphatic heterocycles. The molecule has 1 heterocycles. The zero-order valence-corrected chi connectivity index (χ0v) is 9.66. The van der Waals surface area contributed by atoms with Gasteiger partial charge in [0.05, 0.1) is 7.11 Å². The van der Waals surface area contributed by atoms with Crippen molar-refractivity contribution in [1.82, 2.24) is 9.80 Å². The molecule has 0 aromatic heterocycles. The zero-order valence-electron chi connectivity index (χ0n) is 9.66. The fraction of sp³-hybridized carbons (Fsp3) is 0.727. The van der Waals surface area contributed by atoms with E-state index in [1.54, 1.807) is 0 Å². The van der Waals surface area contributed by atoms with Crippen LogP contribution >= 0.6 is 0 Å². The molecule has 1 rings (SSSR count). The normalized spacial score (nSPS) is 18.8. The Balaban J connectivity index is 2.20. The fourth-order valence-corrected chi connectivity index (χ4v) is 1.61. The van der Waals surface area contributed by atoms with Crippen LogP contribution in [0.3, 0.4) is 0 Å². The molecule has 0 atom stereocenters. The van der Waals surface area contributed by atoms with E-state index in [0.29, 0.717) is 12.0 Å². The highest BCUT2D eigenvalue weighted by Gasteiger charge is 2.14. The Morgan fingerprint density at radius 2 is 1.93 bits per heavy atom. The first-order valence-electron chi connectivity index (χ1n) is 5.30. The van der Waals surface area contributed by atoms with Gasteiger partial charge in [-0.1, -0.05) is 6.58 Å². The van der Waals surface area contributed by atoms with E-state index in [1.807, 2.05) is 0 Å². The van der Waals surface area contributed by atoms with Crippen LogP contribution in [0, 0.1) is 0 Å². The largest absolute Gasteiger partial charge is 0.466 e. The Kier molecular flexibility index (Phi) is 4.78. The number of nitrogens with zero attached hydrogens (tertiary/aromatic N) is 2. The molecular weight excluding hydrogens is 192 g/mol. The maximum absolute atomic E-state index is 11.1. The number of piperazine rings is 1. The molecule has 0 amide bonds. The minimum atomic E-state index is -0.288. The van der Waals surface area contributed by atoms with E-state index in [2.05, 4.69) is 28.2 Å². The van der Waals surface area contributed by atoms with Crippen molar-refractivity contribution in [2.24, 2.45) is 0 Å². The molecule has 4 heteroatoms. The summed E-state index contributed by atoms with van der Waals surface area (Å²) in [5.41, 5.74) is 0.566. The second-order valence-electron chi connectivity index (χ2n) is 3.99. The topological polar surface area (TPSA) is 32.8 Å². The van der Waals surface area contributed by atoms with Crippen molar-refractivity contribution in [2.45, 2.75) is 6.42 Å². The van der Waals surface area contributed by atoms with E-state index in [1.165, 1.54) is 7.11 Å². The van der Waals surface area contributed by atoms with Gasteiger partial charge in [-0.15, -0.1) is 0 Å². The number of carbonyl (C=O) groups excluding carboxylic acids is 1. The van der Waals surface area contributed by atoms with Crippen LogP contribution in [-0.4, -0.2) is 62.7 Å². The maximum Gasteiger partial charge on any atom is 0.333 e. The average molecular weight is 212 g/mol. The lowest BCUT2D eigenvalue weighted by Crippen LogP contribution is -2.44. The van der Waals surface area contributed by atoms with Crippen molar-refractivity contribution in [2.75, 3.05) is 46.9 Å². The van der Waals surface area contributed by atoms with Crippen LogP contribution < -0.4 is 0 Å². The first kappa shape index (κ1) is 12.2. The van der Waals surface area contributed by atoms with E-state index in [0.717, 1.165) is 32.7 Å². The lowest BCUT2D eigenvalue weighted by atomic mass is 10.2. The fourth-order valence-electron chi connectivity index (χ4n) is 1.61. The third kappa shape index (κ3) is 4.01. The standard InChI is InChI=1S/C11H20N2O2/c1-10(11(14)15-3)4-5-13-8-6-12(2)7-9-13/h1,4-9H2,2-3H3. The van der Waals surface area contributed by atoms with Crippen LogP contribution in [0.1, 0.15) is 6.42 Å². The van der Waals surface area contributed by atoms with Crippen LogP contribution in [0.15, 0.2) is 12.2 Å². The van der Waals surface area contributed by atoms with Gasteiger partial charge in [0.2, 0.25) is 0 Å². The molecule has 0 saturated carbocycles. The predicted molar refractivity (Wildman–Crippen MR) is 59.7 cm³/mol. The first-order chi connectivity index (χ1) is 7.13. The number of hydrogen-bond donors (Lipinski definition) is 0. The molecule has 0 aromatic carbocycles. The number of rotatable bonds is 4. The number of methoxy groups -OCH3 is 1. The second kappa shape index (κ2) is 5.88. The van der Waals surface area contributed by atoms with E-state index < -0.39 is 0 Å². The van der Waals surface area contributed by atoms with E-state index in [9.17, 15) is 4.79 Å². The summed E-state index contributed by atoms with van der Waals surface area (Å²) in [6, 6.07) is 0. The van der Waals surface area contributed by atoms with Crippen molar-refractivity contribution < 1.29 is 9.53 Å². The van der Waals surface area contributed by atoms with Gasteiger partial charge < -0.3 is 14.5 Å². The Morgan fingerprint density at radius 1 is 1.33 bits per heavy atom. The monoisotopic (exact) mass is 212 g/mol. The molecule has 1 saturated heterocycles. The Bertz CT molecular complexity index is 233. The van der Waals surface area contributed by atoms with Gasteiger partial charge in [-0.3, -0.25) is 0 Å². The first-order valence-corrected chi connectivity index (χ1v) is 5.30.